The van der Waals surface area contributed by atoms with Gasteiger partial charge in [-0.25, -0.2) is 13.9 Å². The Morgan fingerprint density at radius 2 is 1.93 bits per heavy atom. The summed E-state index contributed by atoms with van der Waals surface area (Å²) in [5.74, 6) is 1.56. The fourth-order valence-corrected chi connectivity index (χ4v) is 3.57. The average Bonchev–Trinajstić information content (AvgIpc) is 3.00. The standard InChI is InChI=1S/C21H26N6O2/c1-14-6-9-25(10-7-14)18-8-11-26-20(23-18)24-27(21(26)29)13-19(28)22-17-5-4-15(2)16(3)12-17/h4-5,8,11-12,14H,6-7,9-10,13H2,1-3H3,(H,22,28). The number of nitrogens with one attached hydrogen (secondary N) is 1. The van der Waals surface area contributed by atoms with E-state index in [2.05, 4.69) is 27.2 Å². The highest BCUT2D eigenvalue weighted by atomic mass is 16.2. The summed E-state index contributed by atoms with van der Waals surface area (Å²) in [4.78, 5) is 31.7. The van der Waals surface area contributed by atoms with Gasteiger partial charge in [-0.15, -0.1) is 5.10 Å². The largest absolute Gasteiger partial charge is 0.356 e. The molecule has 1 N–H and O–H groups in total. The first-order valence-corrected chi connectivity index (χ1v) is 9.99. The Bertz CT molecular complexity index is 1110. The molecule has 1 aromatic carbocycles. The van der Waals surface area contributed by atoms with Crippen LogP contribution >= 0.6 is 0 Å². The van der Waals surface area contributed by atoms with Gasteiger partial charge in [-0.1, -0.05) is 13.0 Å². The first-order valence-electron chi connectivity index (χ1n) is 9.99. The molecule has 8 nitrogen and oxygen atoms in total. The van der Waals surface area contributed by atoms with Crippen LogP contribution in [-0.4, -0.2) is 38.2 Å². The number of aromatic nitrogens is 4. The predicted octanol–water partition coefficient (Wildman–Crippen LogP) is 2.38. The second-order valence-corrected chi connectivity index (χ2v) is 7.91. The summed E-state index contributed by atoms with van der Waals surface area (Å²) in [6, 6.07) is 7.55. The average molecular weight is 394 g/mol. The maximum absolute atomic E-state index is 12.6. The maximum atomic E-state index is 12.6. The topological polar surface area (TPSA) is 84.5 Å². The smallest absolute Gasteiger partial charge is 0.352 e. The Morgan fingerprint density at radius 3 is 2.66 bits per heavy atom. The van der Waals surface area contributed by atoms with E-state index < -0.39 is 0 Å². The number of carbonyl (C=O) groups excluding carboxylic acids is 1. The van der Waals surface area contributed by atoms with Crippen molar-refractivity contribution in [1.82, 2.24) is 19.2 Å². The molecule has 0 radical (unpaired) electrons. The van der Waals surface area contributed by atoms with E-state index in [4.69, 9.17) is 0 Å². The van der Waals surface area contributed by atoms with Crippen LogP contribution in [0.5, 0.6) is 0 Å². The van der Waals surface area contributed by atoms with Gasteiger partial charge in [0.15, 0.2) is 0 Å². The van der Waals surface area contributed by atoms with Gasteiger partial charge in [0.25, 0.3) is 5.78 Å². The quantitative estimate of drug-likeness (QED) is 0.734. The maximum Gasteiger partial charge on any atom is 0.352 e. The van der Waals surface area contributed by atoms with Crippen molar-refractivity contribution in [1.29, 1.82) is 0 Å². The van der Waals surface area contributed by atoms with Crippen molar-refractivity contribution in [2.24, 2.45) is 5.92 Å². The molecule has 0 aliphatic carbocycles. The van der Waals surface area contributed by atoms with E-state index >= 15 is 0 Å². The van der Waals surface area contributed by atoms with E-state index in [9.17, 15) is 9.59 Å². The number of hydrogen-bond donors (Lipinski definition) is 1. The molecule has 8 heteroatoms. The van der Waals surface area contributed by atoms with Gasteiger partial charge >= 0.3 is 5.69 Å². The molecule has 0 bridgehead atoms. The zero-order valence-corrected chi connectivity index (χ0v) is 17.1. The molecule has 1 amide bonds. The van der Waals surface area contributed by atoms with E-state index in [0.717, 1.165) is 53.5 Å². The van der Waals surface area contributed by atoms with Crippen LogP contribution in [0.3, 0.4) is 0 Å². The lowest BCUT2D eigenvalue weighted by molar-refractivity contribution is -0.117. The summed E-state index contributed by atoms with van der Waals surface area (Å²) in [6.07, 6.45) is 3.95. The number of piperidine rings is 1. The van der Waals surface area contributed by atoms with Gasteiger partial charge in [-0.05, 0) is 61.9 Å². The molecule has 0 unspecified atom stereocenters. The van der Waals surface area contributed by atoms with Crippen molar-refractivity contribution in [2.75, 3.05) is 23.3 Å². The van der Waals surface area contributed by atoms with Gasteiger partial charge in [0.05, 0.1) is 0 Å². The predicted molar refractivity (Wildman–Crippen MR) is 112 cm³/mol. The number of amides is 1. The molecular weight excluding hydrogens is 368 g/mol. The van der Waals surface area contributed by atoms with Crippen molar-refractivity contribution < 1.29 is 4.79 Å². The number of anilines is 2. The van der Waals surface area contributed by atoms with E-state index in [1.807, 2.05) is 38.1 Å². The number of nitrogens with zero attached hydrogens (tertiary/aromatic N) is 5. The molecule has 1 aliphatic rings. The fourth-order valence-electron chi connectivity index (χ4n) is 3.57. The summed E-state index contributed by atoms with van der Waals surface area (Å²) < 4.78 is 2.53. The Morgan fingerprint density at radius 1 is 1.17 bits per heavy atom. The van der Waals surface area contributed by atoms with Crippen molar-refractivity contribution in [3.05, 3.63) is 52.1 Å². The molecule has 0 atom stereocenters. The van der Waals surface area contributed by atoms with Crippen LogP contribution in [0.25, 0.3) is 5.78 Å². The minimum absolute atomic E-state index is 0.161. The number of carbonyl (C=O) groups is 1. The zero-order chi connectivity index (χ0) is 20.5. The fraction of sp³-hybridized carbons (Fsp3) is 0.429. The number of benzene rings is 1. The highest BCUT2D eigenvalue weighted by molar-refractivity contribution is 5.90. The minimum Gasteiger partial charge on any atom is -0.356 e. The molecule has 3 heterocycles. The molecule has 0 saturated carbocycles. The van der Waals surface area contributed by atoms with Gasteiger partial charge < -0.3 is 10.2 Å². The van der Waals surface area contributed by atoms with Gasteiger partial charge in [0.1, 0.15) is 12.4 Å². The number of hydrogen-bond acceptors (Lipinski definition) is 5. The lowest BCUT2D eigenvalue weighted by Crippen LogP contribution is -2.33. The summed E-state index contributed by atoms with van der Waals surface area (Å²) in [7, 11) is 0. The lowest BCUT2D eigenvalue weighted by atomic mass is 9.99. The van der Waals surface area contributed by atoms with E-state index in [1.165, 1.54) is 4.40 Å². The van der Waals surface area contributed by atoms with Crippen LogP contribution < -0.4 is 15.9 Å². The molecule has 0 spiro atoms. The van der Waals surface area contributed by atoms with Crippen molar-refractivity contribution >= 4 is 23.2 Å². The number of fused-ring (bicyclic) bond motifs is 1. The highest BCUT2D eigenvalue weighted by Crippen LogP contribution is 2.21. The second kappa shape index (κ2) is 7.69. The molecule has 152 valence electrons. The molecule has 1 aliphatic heterocycles. The molecule has 2 aromatic heterocycles. The van der Waals surface area contributed by atoms with E-state index in [1.54, 1.807) is 6.20 Å². The van der Waals surface area contributed by atoms with Crippen LogP contribution in [0.15, 0.2) is 35.3 Å². The summed E-state index contributed by atoms with van der Waals surface area (Å²) in [5.41, 5.74) is 2.58. The second-order valence-electron chi connectivity index (χ2n) is 7.91. The van der Waals surface area contributed by atoms with Crippen LogP contribution in [-0.2, 0) is 11.3 Å². The molecule has 3 aromatic rings. The zero-order valence-electron chi connectivity index (χ0n) is 17.1. The monoisotopic (exact) mass is 394 g/mol. The van der Waals surface area contributed by atoms with Gasteiger partial charge in [-0.2, -0.15) is 4.98 Å². The number of rotatable bonds is 4. The Labute approximate surface area is 169 Å². The summed E-state index contributed by atoms with van der Waals surface area (Å²) in [5, 5.41) is 7.09. The van der Waals surface area contributed by atoms with Gasteiger partial charge in [0.2, 0.25) is 5.91 Å². The SMILES string of the molecule is Cc1ccc(NC(=O)Cn2nc3nc(N4CCC(C)CC4)ccn3c2=O)cc1C. The third-order valence-corrected chi connectivity index (χ3v) is 5.63. The van der Waals surface area contributed by atoms with Crippen LogP contribution in [0.4, 0.5) is 11.5 Å². The summed E-state index contributed by atoms with van der Waals surface area (Å²) >= 11 is 0. The van der Waals surface area contributed by atoms with Crippen LogP contribution in [0.1, 0.15) is 30.9 Å². The van der Waals surface area contributed by atoms with Crippen molar-refractivity contribution in [3.63, 3.8) is 0 Å². The summed E-state index contributed by atoms with van der Waals surface area (Å²) in [6.45, 7) is 8.01. The molecule has 4 rings (SSSR count). The van der Waals surface area contributed by atoms with E-state index in [-0.39, 0.29) is 18.1 Å². The Balaban J connectivity index is 1.51. The third-order valence-electron chi connectivity index (χ3n) is 5.63. The molecular formula is C21H26N6O2. The van der Waals surface area contributed by atoms with Gasteiger partial charge in [-0.3, -0.25) is 4.79 Å². The highest BCUT2D eigenvalue weighted by Gasteiger charge is 2.19. The molecule has 1 fully saturated rings. The van der Waals surface area contributed by atoms with Crippen molar-refractivity contribution in [2.45, 2.75) is 40.2 Å². The van der Waals surface area contributed by atoms with Crippen molar-refractivity contribution in [3.8, 4) is 0 Å². The third kappa shape index (κ3) is 4.01. The normalized spacial score (nSPS) is 15.1. The first kappa shape index (κ1) is 19.2. The van der Waals surface area contributed by atoms with Crippen LogP contribution in [0, 0.1) is 19.8 Å². The Hall–Kier alpha value is -3.16. The lowest BCUT2D eigenvalue weighted by Gasteiger charge is -2.30. The Kier molecular flexibility index (Phi) is 5.08. The molecule has 1 saturated heterocycles. The van der Waals surface area contributed by atoms with Crippen LogP contribution in [0.2, 0.25) is 0 Å². The minimum atomic E-state index is -0.374. The van der Waals surface area contributed by atoms with E-state index in [0.29, 0.717) is 11.5 Å². The first-order chi connectivity index (χ1) is 13.9. The number of aryl methyl sites for hydroxylation is 2. The molecule has 29 heavy (non-hydrogen) atoms. The van der Waals surface area contributed by atoms with Gasteiger partial charge in [0, 0.05) is 25.0 Å².